The second-order valence-electron chi connectivity index (χ2n) is 11.4. The lowest BCUT2D eigenvalue weighted by Crippen LogP contribution is -2.41. The third-order valence-corrected chi connectivity index (χ3v) is 8.74. The average molecular weight is 602 g/mol. The molecule has 0 spiro atoms. The quantitative estimate of drug-likeness (QED) is 0.252. The van der Waals surface area contributed by atoms with Gasteiger partial charge >= 0.3 is 6.09 Å². The molecule has 224 valence electrons. The maximum absolute atomic E-state index is 13.3. The largest absolute Gasteiger partial charge is 0.413 e. The molecule has 1 aliphatic heterocycles. The average Bonchev–Trinajstić information content (AvgIpc) is 3.34. The summed E-state index contributed by atoms with van der Waals surface area (Å²) in [6, 6.07) is 20.9. The second kappa shape index (κ2) is 12.5. The first-order valence-corrected chi connectivity index (χ1v) is 15.6. The number of hydrogen-bond donors (Lipinski definition) is 3. The minimum absolute atomic E-state index is 0.101. The van der Waals surface area contributed by atoms with Crippen LogP contribution in [-0.2, 0) is 20.2 Å². The molecule has 0 atom stereocenters. The zero-order valence-corrected chi connectivity index (χ0v) is 25.3. The van der Waals surface area contributed by atoms with Crippen molar-refractivity contribution >= 4 is 32.7 Å². The Labute approximate surface area is 251 Å². The van der Waals surface area contributed by atoms with Gasteiger partial charge in [0, 0.05) is 42.8 Å². The fraction of sp³-hybridized carbons (Fsp3) is 0.312. The van der Waals surface area contributed by atoms with Crippen molar-refractivity contribution in [2.24, 2.45) is 0 Å². The molecule has 0 bridgehead atoms. The number of H-pyrrole nitrogens is 1. The number of rotatable bonds is 8. The molecule has 1 amide bonds. The summed E-state index contributed by atoms with van der Waals surface area (Å²) in [7, 11) is -3.87. The third-order valence-electron chi connectivity index (χ3n) is 7.35. The highest BCUT2D eigenvalue weighted by Crippen LogP contribution is 2.39. The molecule has 2 heterocycles. The zero-order chi connectivity index (χ0) is 30.6. The lowest BCUT2D eigenvalue weighted by Gasteiger charge is -2.26. The van der Waals surface area contributed by atoms with Crippen LogP contribution in [0.3, 0.4) is 0 Å². The number of nitrogens with one attached hydrogen (secondary N) is 3. The molecule has 0 radical (unpaired) electrons. The number of fused-ring (bicyclic) bond motifs is 1. The van der Waals surface area contributed by atoms with E-state index in [9.17, 15) is 18.5 Å². The number of nitriles is 1. The number of aromatic nitrogens is 1. The number of carbonyl (C=O) groups excluding carboxylic acids is 1. The monoisotopic (exact) mass is 601 g/mol. The summed E-state index contributed by atoms with van der Waals surface area (Å²) >= 11 is 0. The van der Waals surface area contributed by atoms with Crippen molar-refractivity contribution < 1.29 is 22.7 Å². The maximum atomic E-state index is 13.3. The van der Waals surface area contributed by atoms with E-state index < -0.39 is 16.1 Å². The minimum atomic E-state index is -3.87. The third kappa shape index (κ3) is 7.17. The van der Waals surface area contributed by atoms with Gasteiger partial charge in [-0.1, -0.05) is 45.0 Å². The van der Waals surface area contributed by atoms with Crippen LogP contribution in [-0.4, -0.2) is 63.8 Å². The van der Waals surface area contributed by atoms with E-state index in [1.807, 2.05) is 12.1 Å². The Morgan fingerprint density at radius 3 is 2.40 bits per heavy atom. The van der Waals surface area contributed by atoms with E-state index in [0.717, 1.165) is 18.7 Å². The SMILES string of the molecule is CC(C)(C)c1ccc(S(=O)(=O)Nc2ccc3[nH]c(OC(=O)NCCN4CCOCC4)c(-c4ccc(C#N)cc4)c3c2)cc1. The van der Waals surface area contributed by atoms with Crippen molar-refractivity contribution in [2.75, 3.05) is 44.1 Å². The number of sulfonamides is 1. The van der Waals surface area contributed by atoms with Gasteiger partial charge in [-0.15, -0.1) is 0 Å². The number of aromatic amines is 1. The van der Waals surface area contributed by atoms with Crippen molar-refractivity contribution in [3.8, 4) is 23.1 Å². The van der Waals surface area contributed by atoms with Crippen LogP contribution in [0.15, 0.2) is 71.6 Å². The summed E-state index contributed by atoms with van der Waals surface area (Å²) in [5, 5.41) is 12.7. The summed E-state index contributed by atoms with van der Waals surface area (Å²) in [5.41, 5.74) is 3.67. The Hall–Kier alpha value is -4.37. The Balaban J connectivity index is 1.41. The van der Waals surface area contributed by atoms with E-state index in [0.29, 0.717) is 59.6 Å². The van der Waals surface area contributed by atoms with Crippen LogP contribution < -0.4 is 14.8 Å². The first-order valence-electron chi connectivity index (χ1n) is 14.1. The number of nitrogens with zero attached hydrogens (tertiary/aromatic N) is 2. The first kappa shape index (κ1) is 30.1. The molecule has 1 aliphatic rings. The number of ether oxygens (including phenoxy) is 2. The predicted molar refractivity (Wildman–Crippen MR) is 166 cm³/mol. The van der Waals surface area contributed by atoms with Gasteiger partial charge in [-0.05, 0) is 59.0 Å². The van der Waals surface area contributed by atoms with Crippen LogP contribution in [0.2, 0.25) is 0 Å². The number of benzene rings is 3. The van der Waals surface area contributed by atoms with Gasteiger partial charge in [-0.3, -0.25) is 9.62 Å². The summed E-state index contributed by atoms with van der Waals surface area (Å²) in [5.74, 6) is 0.210. The van der Waals surface area contributed by atoms with E-state index >= 15 is 0 Å². The Morgan fingerprint density at radius 2 is 1.74 bits per heavy atom. The number of carbonyl (C=O) groups is 1. The van der Waals surface area contributed by atoms with Gasteiger partial charge in [0.05, 0.1) is 35.3 Å². The number of amides is 1. The van der Waals surface area contributed by atoms with Crippen molar-refractivity contribution in [3.05, 3.63) is 77.9 Å². The van der Waals surface area contributed by atoms with Crippen LogP contribution in [0.25, 0.3) is 22.0 Å². The molecule has 0 unspecified atom stereocenters. The van der Waals surface area contributed by atoms with Crippen molar-refractivity contribution in [1.82, 2.24) is 15.2 Å². The highest BCUT2D eigenvalue weighted by Gasteiger charge is 2.21. The van der Waals surface area contributed by atoms with Crippen LogP contribution in [0, 0.1) is 11.3 Å². The van der Waals surface area contributed by atoms with Crippen LogP contribution in [0.4, 0.5) is 10.5 Å². The van der Waals surface area contributed by atoms with Gasteiger partial charge in [0.25, 0.3) is 10.0 Å². The molecule has 0 aliphatic carbocycles. The van der Waals surface area contributed by atoms with Crippen molar-refractivity contribution in [3.63, 3.8) is 0 Å². The van der Waals surface area contributed by atoms with Gasteiger partial charge in [-0.2, -0.15) is 5.26 Å². The molecule has 43 heavy (non-hydrogen) atoms. The van der Waals surface area contributed by atoms with Crippen LogP contribution in [0.1, 0.15) is 31.9 Å². The van der Waals surface area contributed by atoms with Gasteiger partial charge in [0.15, 0.2) is 0 Å². The minimum Gasteiger partial charge on any atom is -0.393 e. The molecule has 5 rings (SSSR count). The van der Waals surface area contributed by atoms with E-state index in [4.69, 9.17) is 9.47 Å². The molecule has 10 nitrogen and oxygen atoms in total. The molecule has 3 N–H and O–H groups in total. The van der Waals surface area contributed by atoms with E-state index in [2.05, 4.69) is 46.8 Å². The molecular weight excluding hydrogens is 566 g/mol. The maximum Gasteiger partial charge on any atom is 0.413 e. The second-order valence-corrected chi connectivity index (χ2v) is 13.1. The summed E-state index contributed by atoms with van der Waals surface area (Å²) < 4.78 is 40.3. The summed E-state index contributed by atoms with van der Waals surface area (Å²) in [6.45, 7) is 10.3. The standard InChI is InChI=1S/C32H35N5O5S/c1-32(2,3)24-8-11-26(12-9-24)43(39,40)36-25-10-13-28-27(20-25)29(23-6-4-22(21-33)5-7-23)30(35-28)42-31(38)34-14-15-37-16-18-41-19-17-37/h4-13,20,35-36H,14-19H2,1-3H3,(H,34,38). The first-order chi connectivity index (χ1) is 20.5. The topological polar surface area (TPSA) is 137 Å². The molecule has 3 aromatic carbocycles. The Kier molecular flexibility index (Phi) is 8.73. The van der Waals surface area contributed by atoms with Gasteiger partial charge < -0.3 is 19.8 Å². The fourth-order valence-electron chi connectivity index (χ4n) is 4.92. The van der Waals surface area contributed by atoms with Crippen LogP contribution in [0.5, 0.6) is 5.88 Å². The van der Waals surface area contributed by atoms with Crippen molar-refractivity contribution in [1.29, 1.82) is 5.26 Å². The lowest BCUT2D eigenvalue weighted by molar-refractivity contribution is 0.0385. The Morgan fingerprint density at radius 1 is 1.05 bits per heavy atom. The molecule has 1 aromatic heterocycles. The highest BCUT2D eigenvalue weighted by atomic mass is 32.2. The molecule has 4 aromatic rings. The molecule has 1 fully saturated rings. The Bertz CT molecular complexity index is 1750. The summed E-state index contributed by atoms with van der Waals surface area (Å²) in [4.78, 5) is 18.3. The number of hydrogen-bond acceptors (Lipinski definition) is 7. The lowest BCUT2D eigenvalue weighted by atomic mass is 9.87. The normalized spacial score (nSPS) is 14.3. The van der Waals surface area contributed by atoms with Crippen LogP contribution >= 0.6 is 0 Å². The van der Waals surface area contributed by atoms with E-state index in [1.165, 1.54) is 0 Å². The predicted octanol–water partition coefficient (Wildman–Crippen LogP) is 5.23. The van der Waals surface area contributed by atoms with Gasteiger partial charge in [0.1, 0.15) is 0 Å². The fourth-order valence-corrected chi connectivity index (χ4v) is 5.97. The highest BCUT2D eigenvalue weighted by molar-refractivity contribution is 7.92. The molecular formula is C32H35N5O5S. The van der Waals surface area contributed by atoms with Gasteiger partial charge in [-0.25, -0.2) is 13.2 Å². The zero-order valence-electron chi connectivity index (χ0n) is 24.4. The van der Waals surface area contributed by atoms with Crippen molar-refractivity contribution in [2.45, 2.75) is 31.1 Å². The van der Waals surface area contributed by atoms with E-state index in [1.54, 1.807) is 54.6 Å². The number of anilines is 1. The molecule has 1 saturated heterocycles. The van der Waals surface area contributed by atoms with E-state index in [-0.39, 0.29) is 16.2 Å². The smallest absolute Gasteiger partial charge is 0.393 e. The molecule has 11 heteroatoms. The number of morpholine rings is 1. The van der Waals surface area contributed by atoms with Gasteiger partial charge in [0.2, 0.25) is 5.88 Å². The molecule has 0 saturated carbocycles. The summed E-state index contributed by atoms with van der Waals surface area (Å²) in [6.07, 6.45) is -0.616.